The molecule has 1 aliphatic heterocycles. The number of Topliss-reactive ketones (excluding diaryl/α,β-unsaturated/α-hetero) is 1. The van der Waals surface area contributed by atoms with Crippen molar-refractivity contribution in [1.29, 1.82) is 0 Å². The number of nitrogens with zero attached hydrogens (tertiary/aromatic N) is 2. The molecule has 25 heavy (non-hydrogen) atoms. The van der Waals surface area contributed by atoms with Crippen molar-refractivity contribution in [3.63, 3.8) is 0 Å². The van der Waals surface area contributed by atoms with E-state index in [1.165, 1.54) is 30.6 Å². The number of halogens is 2. The number of H-pyrrole nitrogens is 1. The molecule has 1 aliphatic rings. The Kier molecular flexibility index (Phi) is 5.03. The van der Waals surface area contributed by atoms with E-state index in [0.29, 0.717) is 25.3 Å². The lowest BCUT2D eigenvalue weighted by atomic mass is 9.86. The molecular weight excluding hydrogens is 328 g/mol. The van der Waals surface area contributed by atoms with E-state index >= 15 is 0 Å². The summed E-state index contributed by atoms with van der Waals surface area (Å²) in [5.74, 6) is -1.08. The lowest BCUT2D eigenvalue weighted by Gasteiger charge is -2.35. The van der Waals surface area contributed by atoms with E-state index in [1.807, 2.05) is 4.90 Å². The highest BCUT2D eigenvalue weighted by atomic mass is 19.1. The minimum atomic E-state index is -1.95. The minimum absolute atomic E-state index is 0.0328. The number of benzene rings is 1. The molecule has 0 unspecified atom stereocenters. The van der Waals surface area contributed by atoms with Crippen molar-refractivity contribution in [3.05, 3.63) is 64.1 Å². The third-order valence-electron chi connectivity index (χ3n) is 4.61. The second-order valence-corrected chi connectivity index (χ2v) is 6.30. The van der Waals surface area contributed by atoms with Gasteiger partial charge in [0.15, 0.2) is 11.5 Å². The van der Waals surface area contributed by atoms with Gasteiger partial charge >= 0.3 is 0 Å². The number of carbonyl (C=O) groups is 1. The van der Waals surface area contributed by atoms with Crippen molar-refractivity contribution in [1.82, 2.24) is 14.9 Å². The predicted molar refractivity (Wildman–Crippen MR) is 88.3 cm³/mol. The predicted octanol–water partition coefficient (Wildman–Crippen LogP) is 2.02. The number of nitrogens with one attached hydrogen (secondary N) is 1. The number of aromatic nitrogens is 2. The summed E-state index contributed by atoms with van der Waals surface area (Å²) in [5.41, 5.74) is -1.64. The molecule has 1 saturated heterocycles. The van der Waals surface area contributed by atoms with Crippen LogP contribution in [0.5, 0.6) is 0 Å². The molecule has 3 rings (SSSR count). The van der Waals surface area contributed by atoms with Gasteiger partial charge < -0.3 is 4.98 Å². The van der Waals surface area contributed by atoms with Gasteiger partial charge in [-0.05, 0) is 11.6 Å². The standard InChI is InChI=1S/C18H19F2N3O2/c19-14-4-2-1-3-13(14)11-16(24)18(20)5-9-23(10-6-18)12-15-17(25)22-8-7-21-15/h1-4,7-8H,5-6,9-12H2,(H,22,25). The molecular formula is C18H19F2N3O2. The van der Waals surface area contributed by atoms with Crippen LogP contribution in [0, 0.1) is 5.82 Å². The van der Waals surface area contributed by atoms with E-state index in [9.17, 15) is 18.4 Å². The summed E-state index contributed by atoms with van der Waals surface area (Å²) in [6.07, 6.45) is 2.77. The zero-order valence-corrected chi connectivity index (χ0v) is 13.7. The maximum Gasteiger partial charge on any atom is 0.270 e. The van der Waals surface area contributed by atoms with Crippen LogP contribution >= 0.6 is 0 Å². The highest BCUT2D eigenvalue weighted by Gasteiger charge is 2.41. The summed E-state index contributed by atoms with van der Waals surface area (Å²) in [7, 11) is 0. The fourth-order valence-electron chi connectivity index (χ4n) is 3.02. The van der Waals surface area contributed by atoms with Crippen LogP contribution in [-0.2, 0) is 17.8 Å². The number of rotatable bonds is 5. The molecule has 0 aliphatic carbocycles. The first-order valence-corrected chi connectivity index (χ1v) is 8.18. The number of carbonyl (C=O) groups excluding carboxylic acids is 1. The molecule has 7 heteroatoms. The van der Waals surface area contributed by atoms with Crippen molar-refractivity contribution >= 4 is 5.78 Å². The molecule has 5 nitrogen and oxygen atoms in total. The molecule has 2 heterocycles. The number of alkyl halides is 1. The Morgan fingerprint density at radius 3 is 2.68 bits per heavy atom. The Bertz CT molecular complexity index is 814. The van der Waals surface area contributed by atoms with Gasteiger partial charge in [0.1, 0.15) is 11.5 Å². The Morgan fingerprint density at radius 1 is 1.28 bits per heavy atom. The molecule has 0 atom stereocenters. The number of likely N-dealkylation sites (tertiary alicyclic amines) is 1. The summed E-state index contributed by atoms with van der Waals surface area (Å²) in [6, 6.07) is 5.93. The lowest BCUT2D eigenvalue weighted by molar-refractivity contribution is -0.133. The number of hydrogen-bond acceptors (Lipinski definition) is 4. The first-order chi connectivity index (χ1) is 12.0. The van der Waals surface area contributed by atoms with Crippen LogP contribution in [0.25, 0.3) is 0 Å². The molecule has 1 aromatic carbocycles. The third-order valence-corrected chi connectivity index (χ3v) is 4.61. The topological polar surface area (TPSA) is 66.1 Å². The Balaban J connectivity index is 1.60. The van der Waals surface area contributed by atoms with Crippen LogP contribution in [0.3, 0.4) is 0 Å². The number of aromatic amines is 1. The first kappa shape index (κ1) is 17.4. The maximum absolute atomic E-state index is 15.0. The number of hydrogen-bond donors (Lipinski definition) is 1. The van der Waals surface area contributed by atoms with E-state index in [4.69, 9.17) is 0 Å². The summed E-state index contributed by atoms with van der Waals surface area (Å²) in [4.78, 5) is 32.5. The maximum atomic E-state index is 15.0. The molecule has 0 amide bonds. The summed E-state index contributed by atoms with van der Waals surface area (Å²) in [5, 5.41) is 0. The van der Waals surface area contributed by atoms with Crippen molar-refractivity contribution in [2.24, 2.45) is 0 Å². The normalized spacial score (nSPS) is 17.4. The van der Waals surface area contributed by atoms with Gasteiger partial charge in [-0.3, -0.25) is 19.5 Å². The van der Waals surface area contributed by atoms with E-state index < -0.39 is 17.3 Å². The lowest BCUT2D eigenvalue weighted by Crippen LogP contribution is -2.47. The number of piperidine rings is 1. The molecule has 2 aromatic rings. The highest BCUT2D eigenvalue weighted by molar-refractivity contribution is 5.89. The number of ketones is 1. The van der Waals surface area contributed by atoms with Crippen LogP contribution in [0.2, 0.25) is 0 Å². The van der Waals surface area contributed by atoms with E-state index in [-0.39, 0.29) is 30.4 Å². The van der Waals surface area contributed by atoms with Crippen molar-refractivity contribution < 1.29 is 13.6 Å². The zero-order valence-electron chi connectivity index (χ0n) is 13.7. The van der Waals surface area contributed by atoms with Crippen molar-refractivity contribution in [2.45, 2.75) is 31.5 Å². The SMILES string of the molecule is O=C(Cc1ccccc1F)C1(F)CCN(Cc2ncc[nH]c2=O)CC1. The fourth-order valence-corrected chi connectivity index (χ4v) is 3.02. The van der Waals surface area contributed by atoms with E-state index in [2.05, 4.69) is 9.97 Å². The Labute approximate surface area is 143 Å². The van der Waals surface area contributed by atoms with Crippen LogP contribution in [0.1, 0.15) is 24.1 Å². The van der Waals surface area contributed by atoms with Gasteiger partial charge in [-0.25, -0.2) is 8.78 Å². The average Bonchev–Trinajstić information content (AvgIpc) is 2.61. The van der Waals surface area contributed by atoms with Gasteiger partial charge in [-0.1, -0.05) is 18.2 Å². The molecule has 0 spiro atoms. The summed E-state index contributed by atoms with van der Waals surface area (Å²) >= 11 is 0. The van der Waals surface area contributed by atoms with Crippen LogP contribution in [-0.4, -0.2) is 39.4 Å². The Hall–Kier alpha value is -2.41. The second-order valence-electron chi connectivity index (χ2n) is 6.30. The molecule has 0 radical (unpaired) electrons. The molecule has 1 aromatic heterocycles. The van der Waals surface area contributed by atoms with Gasteiger partial charge in [0.2, 0.25) is 0 Å². The minimum Gasteiger partial charge on any atom is -0.326 e. The van der Waals surface area contributed by atoms with Crippen molar-refractivity contribution in [3.8, 4) is 0 Å². The smallest absolute Gasteiger partial charge is 0.270 e. The fraction of sp³-hybridized carbons (Fsp3) is 0.389. The first-order valence-electron chi connectivity index (χ1n) is 8.18. The van der Waals surface area contributed by atoms with Gasteiger partial charge in [0.05, 0.1) is 0 Å². The van der Waals surface area contributed by atoms with Gasteiger partial charge in [0.25, 0.3) is 5.56 Å². The summed E-state index contributed by atoms with van der Waals surface area (Å²) < 4.78 is 28.7. The average molecular weight is 347 g/mol. The van der Waals surface area contributed by atoms with Gasteiger partial charge in [-0.15, -0.1) is 0 Å². The largest absolute Gasteiger partial charge is 0.326 e. The summed E-state index contributed by atoms with van der Waals surface area (Å²) in [6.45, 7) is 0.999. The second kappa shape index (κ2) is 7.23. The van der Waals surface area contributed by atoms with Gasteiger partial charge in [0, 0.05) is 51.3 Å². The van der Waals surface area contributed by atoms with Crippen LogP contribution < -0.4 is 5.56 Å². The van der Waals surface area contributed by atoms with Crippen LogP contribution in [0.15, 0.2) is 41.5 Å². The molecule has 132 valence electrons. The van der Waals surface area contributed by atoms with E-state index in [0.717, 1.165) is 0 Å². The van der Waals surface area contributed by atoms with Gasteiger partial charge in [-0.2, -0.15) is 0 Å². The molecule has 1 fully saturated rings. The highest BCUT2D eigenvalue weighted by Crippen LogP contribution is 2.29. The van der Waals surface area contributed by atoms with E-state index in [1.54, 1.807) is 6.07 Å². The van der Waals surface area contributed by atoms with Crippen LogP contribution in [0.4, 0.5) is 8.78 Å². The molecule has 0 saturated carbocycles. The Morgan fingerprint density at radius 2 is 2.00 bits per heavy atom. The zero-order chi connectivity index (χ0) is 17.9. The third kappa shape index (κ3) is 3.99. The van der Waals surface area contributed by atoms with Crippen molar-refractivity contribution in [2.75, 3.05) is 13.1 Å². The molecule has 1 N–H and O–H groups in total. The quantitative estimate of drug-likeness (QED) is 0.899. The molecule has 0 bridgehead atoms. The monoisotopic (exact) mass is 347 g/mol.